The van der Waals surface area contributed by atoms with E-state index in [1.165, 1.54) is 5.56 Å². The van der Waals surface area contributed by atoms with Gasteiger partial charge in [0.2, 0.25) is 0 Å². The van der Waals surface area contributed by atoms with Crippen molar-refractivity contribution < 1.29 is 4.79 Å². The Morgan fingerprint density at radius 1 is 1.26 bits per heavy atom. The smallest absolute Gasteiger partial charge is 0.252 e. The number of aromatic nitrogens is 1. The van der Waals surface area contributed by atoms with Crippen LogP contribution in [0.5, 0.6) is 0 Å². The molecule has 0 saturated heterocycles. The van der Waals surface area contributed by atoms with Crippen molar-refractivity contribution in [3.8, 4) is 0 Å². The summed E-state index contributed by atoms with van der Waals surface area (Å²) in [7, 11) is 0. The van der Waals surface area contributed by atoms with E-state index in [2.05, 4.69) is 32.9 Å². The first kappa shape index (κ1) is 14.0. The fourth-order valence-corrected chi connectivity index (χ4v) is 2.39. The second-order valence-electron chi connectivity index (χ2n) is 4.30. The lowest BCUT2D eigenvalue weighted by atomic mass is 10.1. The Balaban J connectivity index is 1.93. The van der Waals surface area contributed by atoms with Crippen LogP contribution in [-0.2, 0) is 6.42 Å². The number of aryl methyl sites for hydroxylation is 1. The normalized spacial score (nSPS) is 10.2. The summed E-state index contributed by atoms with van der Waals surface area (Å²) in [6.45, 7) is 2.64. The summed E-state index contributed by atoms with van der Waals surface area (Å²) in [5.74, 6) is -0.0119. The summed E-state index contributed by atoms with van der Waals surface area (Å²) in [6.07, 6.45) is 4.35. The van der Waals surface area contributed by atoms with Crippen LogP contribution in [0.2, 0.25) is 0 Å². The predicted molar refractivity (Wildman–Crippen MR) is 84.2 cm³/mol. The Kier molecular flexibility index (Phi) is 4.90. The third-order valence-electron chi connectivity index (χ3n) is 2.89. The van der Waals surface area contributed by atoms with Gasteiger partial charge < -0.3 is 5.32 Å². The van der Waals surface area contributed by atoms with Crippen molar-refractivity contribution in [2.75, 3.05) is 6.54 Å². The Bertz CT molecular complexity index is 570. The standard InChI is InChI=1S/C15H15IN2O/c1-11-3-2-4-13(14(11)16)15(19)18-10-7-12-5-8-17-9-6-12/h2-6,8-9H,7,10H2,1H3,(H,18,19). The summed E-state index contributed by atoms with van der Waals surface area (Å²) in [5.41, 5.74) is 3.05. The maximum absolute atomic E-state index is 12.1. The number of nitrogens with zero attached hydrogens (tertiary/aromatic N) is 1. The molecule has 4 heteroatoms. The van der Waals surface area contributed by atoms with Crippen LogP contribution < -0.4 is 5.32 Å². The molecule has 19 heavy (non-hydrogen) atoms. The average molecular weight is 366 g/mol. The van der Waals surface area contributed by atoms with Crippen LogP contribution in [0, 0.1) is 10.5 Å². The topological polar surface area (TPSA) is 42.0 Å². The zero-order valence-electron chi connectivity index (χ0n) is 10.7. The molecule has 0 aliphatic rings. The van der Waals surface area contributed by atoms with Crippen molar-refractivity contribution in [2.45, 2.75) is 13.3 Å². The molecule has 0 aliphatic heterocycles. The van der Waals surface area contributed by atoms with Gasteiger partial charge in [-0.25, -0.2) is 0 Å². The molecule has 1 aromatic carbocycles. The lowest BCUT2D eigenvalue weighted by Crippen LogP contribution is -2.26. The first-order chi connectivity index (χ1) is 9.18. The van der Waals surface area contributed by atoms with Crippen LogP contribution in [0.3, 0.4) is 0 Å². The van der Waals surface area contributed by atoms with Crippen molar-refractivity contribution in [1.82, 2.24) is 10.3 Å². The molecule has 0 fully saturated rings. The van der Waals surface area contributed by atoms with Crippen LogP contribution in [0.1, 0.15) is 21.5 Å². The molecule has 1 heterocycles. The van der Waals surface area contributed by atoms with Gasteiger partial charge in [-0.1, -0.05) is 12.1 Å². The molecule has 0 unspecified atom stereocenters. The molecule has 98 valence electrons. The lowest BCUT2D eigenvalue weighted by molar-refractivity contribution is 0.0953. The number of nitrogens with one attached hydrogen (secondary N) is 1. The minimum atomic E-state index is -0.0119. The maximum Gasteiger partial charge on any atom is 0.252 e. The summed E-state index contributed by atoms with van der Waals surface area (Å²) in [4.78, 5) is 16.0. The zero-order chi connectivity index (χ0) is 13.7. The molecule has 0 aliphatic carbocycles. The van der Waals surface area contributed by atoms with Crippen molar-refractivity contribution in [3.63, 3.8) is 0 Å². The SMILES string of the molecule is Cc1cccc(C(=O)NCCc2ccncc2)c1I. The number of carbonyl (C=O) groups excluding carboxylic acids is 1. The second kappa shape index (κ2) is 6.65. The Morgan fingerprint density at radius 3 is 2.74 bits per heavy atom. The molecule has 1 amide bonds. The summed E-state index contributed by atoms with van der Waals surface area (Å²) >= 11 is 2.21. The highest BCUT2D eigenvalue weighted by Crippen LogP contribution is 2.16. The minimum Gasteiger partial charge on any atom is -0.352 e. The van der Waals surface area contributed by atoms with E-state index in [0.717, 1.165) is 21.1 Å². The van der Waals surface area contributed by atoms with Gasteiger partial charge in [0.1, 0.15) is 0 Å². The van der Waals surface area contributed by atoms with E-state index in [1.807, 2.05) is 37.3 Å². The second-order valence-corrected chi connectivity index (χ2v) is 5.38. The molecule has 2 aromatic rings. The van der Waals surface area contributed by atoms with Crippen LogP contribution >= 0.6 is 22.6 Å². The number of rotatable bonds is 4. The van der Waals surface area contributed by atoms with Gasteiger partial charge in [0, 0.05) is 22.5 Å². The van der Waals surface area contributed by atoms with Gasteiger partial charge in [-0.15, -0.1) is 0 Å². The van der Waals surface area contributed by atoms with Crippen molar-refractivity contribution in [3.05, 3.63) is 63.0 Å². The number of carbonyl (C=O) groups is 1. The van der Waals surface area contributed by atoms with E-state index in [0.29, 0.717) is 6.54 Å². The van der Waals surface area contributed by atoms with Crippen LogP contribution in [-0.4, -0.2) is 17.4 Å². The summed E-state index contributed by atoms with van der Waals surface area (Å²) in [5, 5.41) is 2.95. The van der Waals surface area contributed by atoms with Crippen LogP contribution in [0.25, 0.3) is 0 Å². The molecule has 1 N–H and O–H groups in total. The van der Waals surface area contributed by atoms with E-state index in [-0.39, 0.29) is 5.91 Å². The Morgan fingerprint density at radius 2 is 2.00 bits per heavy atom. The highest BCUT2D eigenvalue weighted by Gasteiger charge is 2.10. The van der Waals surface area contributed by atoms with Gasteiger partial charge in [-0.3, -0.25) is 9.78 Å². The van der Waals surface area contributed by atoms with Gasteiger partial charge in [-0.05, 0) is 65.3 Å². The molecule has 0 bridgehead atoms. The average Bonchev–Trinajstić information content (AvgIpc) is 2.43. The van der Waals surface area contributed by atoms with Gasteiger partial charge in [-0.2, -0.15) is 0 Å². The number of pyridine rings is 1. The minimum absolute atomic E-state index is 0.0119. The highest BCUT2D eigenvalue weighted by atomic mass is 127. The van der Waals surface area contributed by atoms with E-state index in [9.17, 15) is 4.79 Å². The Labute approximate surface area is 126 Å². The number of benzene rings is 1. The fraction of sp³-hybridized carbons (Fsp3) is 0.200. The number of hydrogen-bond acceptors (Lipinski definition) is 2. The molecule has 0 spiro atoms. The number of halogens is 1. The number of hydrogen-bond donors (Lipinski definition) is 1. The molecule has 0 radical (unpaired) electrons. The third-order valence-corrected chi connectivity index (χ3v) is 4.32. The van der Waals surface area contributed by atoms with Crippen molar-refractivity contribution >= 4 is 28.5 Å². The summed E-state index contributed by atoms with van der Waals surface area (Å²) in [6, 6.07) is 9.70. The molecule has 0 saturated carbocycles. The molecular formula is C15H15IN2O. The maximum atomic E-state index is 12.1. The highest BCUT2D eigenvalue weighted by molar-refractivity contribution is 14.1. The largest absolute Gasteiger partial charge is 0.352 e. The first-order valence-electron chi connectivity index (χ1n) is 6.10. The Hall–Kier alpha value is -1.43. The van der Waals surface area contributed by atoms with E-state index < -0.39 is 0 Å². The van der Waals surface area contributed by atoms with Gasteiger partial charge in [0.15, 0.2) is 0 Å². The summed E-state index contributed by atoms with van der Waals surface area (Å²) < 4.78 is 1.02. The van der Waals surface area contributed by atoms with Gasteiger partial charge >= 0.3 is 0 Å². The fourth-order valence-electron chi connectivity index (χ4n) is 1.79. The van der Waals surface area contributed by atoms with Crippen molar-refractivity contribution in [2.24, 2.45) is 0 Å². The lowest BCUT2D eigenvalue weighted by Gasteiger charge is -2.08. The van der Waals surface area contributed by atoms with E-state index >= 15 is 0 Å². The number of amides is 1. The van der Waals surface area contributed by atoms with E-state index in [4.69, 9.17) is 0 Å². The molecule has 0 atom stereocenters. The third kappa shape index (κ3) is 3.76. The van der Waals surface area contributed by atoms with Gasteiger partial charge in [0.05, 0.1) is 5.56 Å². The predicted octanol–water partition coefficient (Wildman–Crippen LogP) is 2.97. The van der Waals surface area contributed by atoms with Crippen LogP contribution in [0.15, 0.2) is 42.7 Å². The van der Waals surface area contributed by atoms with Crippen molar-refractivity contribution in [1.29, 1.82) is 0 Å². The molecular weight excluding hydrogens is 351 g/mol. The van der Waals surface area contributed by atoms with Gasteiger partial charge in [0.25, 0.3) is 5.91 Å². The van der Waals surface area contributed by atoms with Crippen LogP contribution in [0.4, 0.5) is 0 Å². The zero-order valence-corrected chi connectivity index (χ0v) is 12.8. The van der Waals surface area contributed by atoms with E-state index in [1.54, 1.807) is 12.4 Å². The molecule has 1 aromatic heterocycles. The molecule has 2 rings (SSSR count). The first-order valence-corrected chi connectivity index (χ1v) is 7.18. The monoisotopic (exact) mass is 366 g/mol. The quantitative estimate of drug-likeness (QED) is 0.846. The molecule has 3 nitrogen and oxygen atoms in total.